The van der Waals surface area contributed by atoms with E-state index >= 15 is 0 Å². The molecule has 2 heterocycles. The smallest absolute Gasteiger partial charge is 0.340 e. The Morgan fingerprint density at radius 3 is 2.45 bits per heavy atom. The molecular weight excluding hydrogens is 372 g/mol. The Morgan fingerprint density at radius 2 is 1.83 bits per heavy atom. The lowest BCUT2D eigenvalue weighted by Crippen LogP contribution is -2.50. The molecule has 0 aliphatic carbocycles. The molecule has 0 spiro atoms. The number of methoxy groups -OCH3 is 1. The van der Waals surface area contributed by atoms with Gasteiger partial charge in [0, 0.05) is 30.9 Å². The number of ether oxygens (including phenoxy) is 2. The van der Waals surface area contributed by atoms with Crippen LogP contribution in [0.5, 0.6) is 0 Å². The van der Waals surface area contributed by atoms with Crippen LogP contribution in [-0.2, 0) is 38.6 Å². The van der Waals surface area contributed by atoms with E-state index in [2.05, 4.69) is 0 Å². The number of hydrogen-bond acceptors (Lipinski definition) is 5. The SMILES string of the molecule is CCn1c(C)cc(C(=O)OCC(=O)N2Cc3ccccc3C[C@H]2C(=O)OC)c1C. The summed E-state index contributed by atoms with van der Waals surface area (Å²) in [6.45, 7) is 6.37. The number of carbonyl (C=O) groups is 3. The molecule has 0 saturated heterocycles. The van der Waals surface area contributed by atoms with Crippen LogP contribution in [0, 0.1) is 13.8 Å². The Labute approximate surface area is 170 Å². The number of aryl methyl sites for hydroxylation is 1. The molecular formula is C22H26N2O5. The van der Waals surface area contributed by atoms with Crippen molar-refractivity contribution in [2.75, 3.05) is 13.7 Å². The third-order valence-corrected chi connectivity index (χ3v) is 5.48. The predicted molar refractivity (Wildman–Crippen MR) is 106 cm³/mol. The zero-order valence-electron chi connectivity index (χ0n) is 17.2. The highest BCUT2D eigenvalue weighted by Gasteiger charge is 2.35. The monoisotopic (exact) mass is 398 g/mol. The van der Waals surface area contributed by atoms with Crippen LogP contribution < -0.4 is 0 Å². The van der Waals surface area contributed by atoms with Crippen LogP contribution in [0.4, 0.5) is 0 Å². The molecule has 154 valence electrons. The summed E-state index contributed by atoms with van der Waals surface area (Å²) >= 11 is 0. The minimum absolute atomic E-state index is 0.274. The van der Waals surface area contributed by atoms with Gasteiger partial charge < -0.3 is 18.9 Å². The third-order valence-electron chi connectivity index (χ3n) is 5.48. The first-order valence-electron chi connectivity index (χ1n) is 9.65. The molecule has 1 aliphatic rings. The highest BCUT2D eigenvalue weighted by molar-refractivity contribution is 5.93. The van der Waals surface area contributed by atoms with E-state index in [1.165, 1.54) is 12.0 Å². The molecule has 2 aromatic rings. The molecule has 0 radical (unpaired) electrons. The standard InChI is InChI=1S/C22H26N2O5/c1-5-23-14(2)10-18(15(23)3)21(26)29-13-20(25)24-12-17-9-7-6-8-16(17)11-19(24)22(27)28-4/h6-10,19H,5,11-13H2,1-4H3/t19-/m0/s1. The molecule has 0 N–H and O–H groups in total. The molecule has 1 aromatic carbocycles. The summed E-state index contributed by atoms with van der Waals surface area (Å²) in [4.78, 5) is 39.0. The van der Waals surface area contributed by atoms with Crippen molar-refractivity contribution >= 4 is 17.8 Å². The van der Waals surface area contributed by atoms with Gasteiger partial charge in [-0.3, -0.25) is 4.79 Å². The van der Waals surface area contributed by atoms with Crippen LogP contribution in [0.25, 0.3) is 0 Å². The minimum Gasteiger partial charge on any atom is -0.467 e. The second kappa shape index (κ2) is 8.51. The average Bonchev–Trinajstić information content (AvgIpc) is 3.03. The fourth-order valence-corrected chi connectivity index (χ4v) is 3.91. The number of rotatable bonds is 5. The fourth-order valence-electron chi connectivity index (χ4n) is 3.91. The lowest BCUT2D eigenvalue weighted by atomic mass is 9.94. The van der Waals surface area contributed by atoms with E-state index in [-0.39, 0.29) is 6.54 Å². The van der Waals surface area contributed by atoms with Gasteiger partial charge in [0.2, 0.25) is 0 Å². The van der Waals surface area contributed by atoms with Crippen LogP contribution >= 0.6 is 0 Å². The molecule has 7 nitrogen and oxygen atoms in total. The van der Waals surface area contributed by atoms with Gasteiger partial charge in [0.05, 0.1) is 12.7 Å². The van der Waals surface area contributed by atoms with E-state index in [4.69, 9.17) is 9.47 Å². The fraction of sp³-hybridized carbons (Fsp3) is 0.409. The molecule has 1 atom stereocenters. The second-order valence-corrected chi connectivity index (χ2v) is 7.14. The van der Waals surface area contributed by atoms with Crippen LogP contribution in [0.1, 0.15) is 39.8 Å². The Morgan fingerprint density at radius 1 is 1.14 bits per heavy atom. The Hall–Kier alpha value is -3.09. The van der Waals surface area contributed by atoms with Crippen molar-refractivity contribution < 1.29 is 23.9 Å². The summed E-state index contributed by atoms with van der Waals surface area (Å²) in [5, 5.41) is 0. The molecule has 7 heteroatoms. The highest BCUT2D eigenvalue weighted by Crippen LogP contribution is 2.24. The third kappa shape index (κ3) is 4.04. The first-order valence-corrected chi connectivity index (χ1v) is 9.65. The highest BCUT2D eigenvalue weighted by atomic mass is 16.5. The van der Waals surface area contributed by atoms with E-state index in [1.54, 1.807) is 6.07 Å². The van der Waals surface area contributed by atoms with Gasteiger partial charge in [0.15, 0.2) is 6.61 Å². The minimum atomic E-state index is -0.730. The van der Waals surface area contributed by atoms with Gasteiger partial charge in [-0.25, -0.2) is 9.59 Å². The maximum atomic E-state index is 12.8. The van der Waals surface area contributed by atoms with E-state index in [0.717, 1.165) is 29.1 Å². The van der Waals surface area contributed by atoms with Crippen molar-refractivity contribution in [1.82, 2.24) is 9.47 Å². The van der Waals surface area contributed by atoms with Gasteiger partial charge >= 0.3 is 11.9 Å². The van der Waals surface area contributed by atoms with Crippen molar-refractivity contribution in [1.29, 1.82) is 0 Å². The van der Waals surface area contributed by atoms with E-state index < -0.39 is 30.5 Å². The van der Waals surface area contributed by atoms with Crippen molar-refractivity contribution in [2.24, 2.45) is 0 Å². The van der Waals surface area contributed by atoms with Crippen LogP contribution in [-0.4, -0.2) is 47.1 Å². The number of nitrogens with zero attached hydrogens (tertiary/aromatic N) is 2. The zero-order valence-corrected chi connectivity index (χ0v) is 17.2. The average molecular weight is 398 g/mol. The maximum absolute atomic E-state index is 12.8. The molecule has 0 saturated carbocycles. The molecule has 0 fully saturated rings. The van der Waals surface area contributed by atoms with Gasteiger partial charge in [-0.1, -0.05) is 24.3 Å². The van der Waals surface area contributed by atoms with Crippen molar-refractivity contribution in [3.63, 3.8) is 0 Å². The maximum Gasteiger partial charge on any atom is 0.340 e. The van der Waals surface area contributed by atoms with Gasteiger partial charge in [-0.15, -0.1) is 0 Å². The van der Waals surface area contributed by atoms with Gasteiger partial charge in [-0.2, -0.15) is 0 Å². The number of aromatic nitrogens is 1. The van der Waals surface area contributed by atoms with E-state index in [1.807, 2.05) is 49.6 Å². The van der Waals surface area contributed by atoms with Crippen molar-refractivity contribution in [2.45, 2.75) is 46.3 Å². The number of carbonyl (C=O) groups excluding carboxylic acids is 3. The number of esters is 2. The van der Waals surface area contributed by atoms with Crippen molar-refractivity contribution in [3.05, 3.63) is 58.4 Å². The van der Waals surface area contributed by atoms with Crippen molar-refractivity contribution in [3.8, 4) is 0 Å². The second-order valence-electron chi connectivity index (χ2n) is 7.14. The summed E-state index contributed by atoms with van der Waals surface area (Å²) in [7, 11) is 1.30. The normalized spacial score (nSPS) is 15.6. The molecule has 3 rings (SSSR count). The first kappa shape index (κ1) is 20.6. The summed E-state index contributed by atoms with van der Waals surface area (Å²) in [6, 6.07) is 8.69. The largest absolute Gasteiger partial charge is 0.467 e. The van der Waals surface area contributed by atoms with Crippen LogP contribution in [0.2, 0.25) is 0 Å². The Bertz CT molecular complexity index is 947. The predicted octanol–water partition coefficient (Wildman–Crippen LogP) is 2.41. The number of amides is 1. The number of benzene rings is 1. The summed E-state index contributed by atoms with van der Waals surface area (Å²) < 4.78 is 12.2. The van der Waals surface area contributed by atoms with E-state index in [9.17, 15) is 14.4 Å². The van der Waals surface area contributed by atoms with Gasteiger partial charge in [0.1, 0.15) is 6.04 Å². The Kier molecular flexibility index (Phi) is 6.06. The molecule has 1 aliphatic heterocycles. The van der Waals surface area contributed by atoms with Gasteiger partial charge in [0.25, 0.3) is 5.91 Å². The van der Waals surface area contributed by atoms with Crippen LogP contribution in [0.3, 0.4) is 0 Å². The lowest BCUT2D eigenvalue weighted by molar-refractivity contribution is -0.155. The van der Waals surface area contributed by atoms with Gasteiger partial charge in [-0.05, 0) is 38.0 Å². The molecule has 29 heavy (non-hydrogen) atoms. The summed E-state index contributed by atoms with van der Waals surface area (Å²) in [6.07, 6.45) is 0.375. The summed E-state index contributed by atoms with van der Waals surface area (Å²) in [5.74, 6) is -1.45. The Balaban J connectivity index is 1.73. The first-order chi connectivity index (χ1) is 13.9. The number of hydrogen-bond donors (Lipinski definition) is 0. The lowest BCUT2D eigenvalue weighted by Gasteiger charge is -2.35. The zero-order chi connectivity index (χ0) is 21.1. The topological polar surface area (TPSA) is 77.8 Å². The van der Waals surface area contributed by atoms with E-state index in [0.29, 0.717) is 12.0 Å². The van der Waals surface area contributed by atoms with Crippen LogP contribution in [0.15, 0.2) is 30.3 Å². The number of fused-ring (bicyclic) bond motifs is 1. The molecule has 0 bridgehead atoms. The molecule has 1 amide bonds. The molecule has 0 unspecified atom stereocenters. The quantitative estimate of drug-likeness (QED) is 0.723. The molecule has 1 aromatic heterocycles. The summed E-state index contributed by atoms with van der Waals surface area (Å²) in [5.41, 5.74) is 4.20.